The highest BCUT2D eigenvalue weighted by Crippen LogP contribution is 2.10. The standard InChI is InChI=1S/C8H18.C7H9P.C5H10O.C3H8.C2H6/c1-4-6-8(3)7-5-2;1-6-3-2-4-7(8)5-6;1-3-5(2)4-6;1-3-2;1-2/h8H,4-7H2,1-3H3;2-5H,8H2,1H3;4-5H,3H2,1-2H3;3H2,1-2H3;1-2H3. The maximum absolute atomic E-state index is 9.74. The van der Waals surface area contributed by atoms with Gasteiger partial charge in [0.25, 0.3) is 0 Å². The summed E-state index contributed by atoms with van der Waals surface area (Å²) in [5.74, 6) is 1.22. The molecule has 27 heavy (non-hydrogen) atoms. The molecule has 0 N–H and O–H groups in total. The molecule has 2 atom stereocenters. The van der Waals surface area contributed by atoms with Gasteiger partial charge in [-0.2, -0.15) is 0 Å². The first kappa shape index (κ1) is 33.9. The molecule has 0 saturated carbocycles. The van der Waals surface area contributed by atoms with E-state index in [1.807, 2.05) is 27.7 Å². The summed E-state index contributed by atoms with van der Waals surface area (Å²) in [6.45, 7) is 21.1. The third kappa shape index (κ3) is 36.9. The fourth-order valence-electron chi connectivity index (χ4n) is 1.90. The number of hydrogen-bond acceptors (Lipinski definition) is 1. The summed E-state index contributed by atoms with van der Waals surface area (Å²) in [6.07, 6.45) is 8.70. The SMILES string of the molecule is CC.CCC.CCC(C)C=O.CCCC(C)CCC.Cc1cccc(P)c1. The number of carbonyl (C=O) groups is 1. The summed E-state index contributed by atoms with van der Waals surface area (Å²) >= 11 is 0. The van der Waals surface area contributed by atoms with Crippen LogP contribution in [0.5, 0.6) is 0 Å². The molecule has 0 aliphatic heterocycles. The number of carbonyl (C=O) groups excluding carboxylic acids is 1. The lowest BCUT2D eigenvalue weighted by Crippen LogP contribution is -1.91. The van der Waals surface area contributed by atoms with Gasteiger partial charge in [-0.1, -0.05) is 124 Å². The van der Waals surface area contributed by atoms with Crippen LogP contribution in [-0.2, 0) is 4.79 Å². The van der Waals surface area contributed by atoms with E-state index < -0.39 is 0 Å². The minimum absolute atomic E-state index is 0.255. The van der Waals surface area contributed by atoms with Crippen LogP contribution in [0.25, 0.3) is 0 Å². The quantitative estimate of drug-likeness (QED) is 0.347. The largest absolute Gasteiger partial charge is 0.303 e. The Kier molecular flexibility index (Phi) is 37.7. The van der Waals surface area contributed by atoms with Crippen LogP contribution in [0, 0.1) is 18.8 Å². The summed E-state index contributed by atoms with van der Waals surface area (Å²) < 4.78 is 0. The van der Waals surface area contributed by atoms with E-state index in [0.717, 1.165) is 18.6 Å². The van der Waals surface area contributed by atoms with E-state index >= 15 is 0 Å². The predicted octanol–water partition coefficient (Wildman–Crippen LogP) is 8.39. The average Bonchev–Trinajstić information content (AvgIpc) is 2.64. The van der Waals surface area contributed by atoms with Crippen LogP contribution < -0.4 is 5.30 Å². The minimum Gasteiger partial charge on any atom is -0.303 e. The Morgan fingerprint density at radius 1 is 0.963 bits per heavy atom. The van der Waals surface area contributed by atoms with Crippen molar-refractivity contribution in [3.05, 3.63) is 29.8 Å². The number of aryl methyl sites for hydroxylation is 1. The summed E-state index contributed by atoms with van der Waals surface area (Å²) in [5.41, 5.74) is 1.32. The zero-order valence-electron chi connectivity index (χ0n) is 20.3. The molecule has 0 aromatic heterocycles. The van der Waals surface area contributed by atoms with Crippen molar-refractivity contribution >= 4 is 20.8 Å². The zero-order chi connectivity index (χ0) is 22.1. The minimum atomic E-state index is 0.255. The number of rotatable bonds is 6. The van der Waals surface area contributed by atoms with Gasteiger partial charge in [0.1, 0.15) is 6.29 Å². The second-order valence-corrected chi connectivity index (χ2v) is 7.49. The molecule has 1 nitrogen and oxygen atoms in total. The fourth-order valence-corrected chi connectivity index (χ4v) is 2.27. The molecule has 1 aromatic carbocycles. The fraction of sp³-hybridized carbons (Fsp3) is 0.720. The Morgan fingerprint density at radius 3 is 1.59 bits per heavy atom. The van der Waals surface area contributed by atoms with Crippen molar-refractivity contribution < 1.29 is 4.79 Å². The van der Waals surface area contributed by atoms with Gasteiger partial charge in [0.2, 0.25) is 0 Å². The summed E-state index contributed by atoms with van der Waals surface area (Å²) in [7, 11) is 2.66. The molecule has 0 spiro atoms. The molecule has 162 valence electrons. The van der Waals surface area contributed by atoms with Crippen molar-refractivity contribution in [2.45, 2.75) is 108 Å². The molecule has 0 bridgehead atoms. The van der Waals surface area contributed by atoms with Crippen LogP contribution in [0.4, 0.5) is 0 Å². The van der Waals surface area contributed by atoms with Crippen LogP contribution in [0.15, 0.2) is 24.3 Å². The number of hydrogen-bond donors (Lipinski definition) is 0. The molecular weight excluding hydrogens is 347 g/mol. The second-order valence-electron chi connectivity index (χ2n) is 6.83. The monoisotopic (exact) mass is 398 g/mol. The Hall–Kier alpha value is -0.680. The van der Waals surface area contributed by atoms with Crippen LogP contribution in [0.3, 0.4) is 0 Å². The lowest BCUT2D eigenvalue weighted by atomic mass is 10.0. The Morgan fingerprint density at radius 2 is 1.41 bits per heavy atom. The Labute approximate surface area is 175 Å². The lowest BCUT2D eigenvalue weighted by molar-refractivity contribution is -0.110. The maximum atomic E-state index is 9.74. The van der Waals surface area contributed by atoms with Crippen LogP contribution >= 0.6 is 9.24 Å². The van der Waals surface area contributed by atoms with Gasteiger partial charge in [-0.25, -0.2) is 0 Å². The highest BCUT2D eigenvalue weighted by molar-refractivity contribution is 7.27. The van der Waals surface area contributed by atoms with Crippen molar-refractivity contribution in [3.63, 3.8) is 0 Å². The smallest absolute Gasteiger partial charge is 0.122 e. The molecule has 2 heteroatoms. The van der Waals surface area contributed by atoms with Gasteiger partial charge in [0.05, 0.1) is 0 Å². The molecule has 0 aliphatic rings. The van der Waals surface area contributed by atoms with Gasteiger partial charge in [-0.3, -0.25) is 0 Å². The third-order valence-electron chi connectivity index (χ3n) is 3.48. The molecule has 0 saturated heterocycles. The Bertz CT molecular complexity index is 353. The van der Waals surface area contributed by atoms with Gasteiger partial charge < -0.3 is 4.79 Å². The van der Waals surface area contributed by atoms with E-state index in [0.29, 0.717) is 0 Å². The third-order valence-corrected chi connectivity index (χ3v) is 3.84. The van der Waals surface area contributed by atoms with Crippen LogP contribution in [-0.4, -0.2) is 6.29 Å². The first-order valence-electron chi connectivity index (χ1n) is 11.1. The molecule has 1 rings (SSSR count). The second kappa shape index (κ2) is 30.1. The Balaban J connectivity index is -0.000000132. The van der Waals surface area contributed by atoms with Gasteiger partial charge in [-0.05, 0) is 24.6 Å². The molecule has 0 heterocycles. The lowest BCUT2D eigenvalue weighted by Gasteiger charge is -2.05. The normalized spacial score (nSPS) is 9.78. The van der Waals surface area contributed by atoms with Crippen molar-refractivity contribution in [2.24, 2.45) is 11.8 Å². The zero-order valence-corrected chi connectivity index (χ0v) is 21.4. The van der Waals surface area contributed by atoms with Crippen LogP contribution in [0.2, 0.25) is 0 Å². The highest BCUT2D eigenvalue weighted by Gasteiger charge is 1.95. The van der Waals surface area contributed by atoms with E-state index in [1.54, 1.807) is 0 Å². The number of benzene rings is 1. The van der Waals surface area contributed by atoms with Crippen molar-refractivity contribution in [1.29, 1.82) is 0 Å². The molecule has 0 aliphatic carbocycles. The van der Waals surface area contributed by atoms with Gasteiger partial charge in [0.15, 0.2) is 0 Å². The van der Waals surface area contributed by atoms with E-state index in [1.165, 1.54) is 43.0 Å². The molecule has 0 amide bonds. The maximum Gasteiger partial charge on any atom is 0.122 e. The molecule has 2 unspecified atom stereocenters. The molecule has 0 radical (unpaired) electrons. The van der Waals surface area contributed by atoms with Crippen molar-refractivity contribution in [1.82, 2.24) is 0 Å². The molecular formula is C25H51OP. The molecule has 1 aromatic rings. The van der Waals surface area contributed by atoms with Crippen molar-refractivity contribution in [3.8, 4) is 0 Å². The van der Waals surface area contributed by atoms with Crippen molar-refractivity contribution in [2.75, 3.05) is 0 Å². The summed E-state index contributed by atoms with van der Waals surface area (Å²) in [6, 6.07) is 8.34. The summed E-state index contributed by atoms with van der Waals surface area (Å²) in [4.78, 5) is 9.74. The van der Waals surface area contributed by atoms with Gasteiger partial charge in [0, 0.05) is 5.92 Å². The first-order valence-corrected chi connectivity index (χ1v) is 11.7. The average molecular weight is 399 g/mol. The topological polar surface area (TPSA) is 17.1 Å². The van der Waals surface area contributed by atoms with E-state index in [9.17, 15) is 4.79 Å². The first-order chi connectivity index (χ1) is 12.8. The van der Waals surface area contributed by atoms with Crippen LogP contribution in [0.1, 0.15) is 106 Å². The molecule has 0 fully saturated rings. The van der Waals surface area contributed by atoms with Gasteiger partial charge >= 0.3 is 0 Å². The highest BCUT2D eigenvalue weighted by atomic mass is 31.0. The van der Waals surface area contributed by atoms with E-state index in [-0.39, 0.29) is 5.92 Å². The van der Waals surface area contributed by atoms with E-state index in [4.69, 9.17) is 0 Å². The van der Waals surface area contributed by atoms with Gasteiger partial charge in [-0.15, -0.1) is 9.24 Å². The summed E-state index contributed by atoms with van der Waals surface area (Å²) in [5, 5.41) is 1.25. The van der Waals surface area contributed by atoms with E-state index in [2.05, 4.69) is 75.0 Å². The predicted molar refractivity (Wildman–Crippen MR) is 132 cm³/mol. The number of aldehydes is 1.